The molecule has 29 heavy (non-hydrogen) atoms. The lowest BCUT2D eigenvalue weighted by Crippen LogP contribution is -2.10. The molecule has 152 valence electrons. The lowest BCUT2D eigenvalue weighted by molar-refractivity contribution is -0.142. The summed E-state index contributed by atoms with van der Waals surface area (Å²) < 4.78 is 21.5. The molecule has 7 heteroatoms. The number of esters is 2. The van der Waals surface area contributed by atoms with Crippen LogP contribution in [0.15, 0.2) is 45.7 Å². The summed E-state index contributed by atoms with van der Waals surface area (Å²) in [5, 5.41) is 0.920. The van der Waals surface area contributed by atoms with Gasteiger partial charge in [-0.1, -0.05) is 6.07 Å². The van der Waals surface area contributed by atoms with E-state index < -0.39 is 5.97 Å². The summed E-state index contributed by atoms with van der Waals surface area (Å²) >= 11 is 1.55. The Hall–Kier alpha value is -2.93. The summed E-state index contributed by atoms with van der Waals surface area (Å²) in [6.07, 6.45) is 1.97. The Morgan fingerprint density at radius 1 is 1.07 bits per heavy atom. The van der Waals surface area contributed by atoms with E-state index in [0.29, 0.717) is 22.8 Å². The van der Waals surface area contributed by atoms with E-state index >= 15 is 0 Å². The second-order valence-corrected chi connectivity index (χ2v) is 7.24. The van der Waals surface area contributed by atoms with Gasteiger partial charge in [0.15, 0.2) is 11.5 Å². The maximum absolute atomic E-state index is 11.9. The Balaban J connectivity index is 2.10. The maximum Gasteiger partial charge on any atom is 0.312 e. The zero-order valence-corrected chi connectivity index (χ0v) is 17.7. The fraction of sp³-hybridized carbons (Fsp3) is 0.273. The first-order chi connectivity index (χ1) is 13.9. The van der Waals surface area contributed by atoms with Gasteiger partial charge in [0, 0.05) is 17.9 Å². The molecule has 1 unspecified atom stereocenters. The van der Waals surface area contributed by atoms with Gasteiger partial charge in [0.25, 0.3) is 0 Å². The Bertz CT molecular complexity index is 1070. The van der Waals surface area contributed by atoms with Crippen LogP contribution in [0.5, 0.6) is 11.5 Å². The molecule has 6 nitrogen and oxygen atoms in total. The van der Waals surface area contributed by atoms with Gasteiger partial charge in [0.2, 0.25) is 0 Å². The Kier molecular flexibility index (Phi) is 6.17. The molecule has 0 aliphatic heterocycles. The molecule has 3 aromatic rings. The first-order valence-corrected chi connectivity index (χ1v) is 10.2. The van der Waals surface area contributed by atoms with E-state index in [4.69, 9.17) is 18.6 Å². The highest BCUT2D eigenvalue weighted by molar-refractivity contribution is 7.99. The van der Waals surface area contributed by atoms with Gasteiger partial charge in [0.05, 0.1) is 25.0 Å². The molecule has 0 fully saturated rings. The number of benzene rings is 2. The van der Waals surface area contributed by atoms with E-state index in [1.165, 1.54) is 21.1 Å². The predicted molar refractivity (Wildman–Crippen MR) is 112 cm³/mol. The zero-order valence-electron chi connectivity index (χ0n) is 16.9. The van der Waals surface area contributed by atoms with Gasteiger partial charge >= 0.3 is 11.9 Å². The molecule has 1 atom stereocenters. The van der Waals surface area contributed by atoms with Crippen LogP contribution in [0.25, 0.3) is 22.3 Å². The molecule has 3 rings (SSSR count). The monoisotopic (exact) mass is 414 g/mol. The lowest BCUT2D eigenvalue weighted by Gasteiger charge is -2.10. The van der Waals surface area contributed by atoms with Crippen molar-refractivity contribution in [1.82, 2.24) is 0 Å². The molecule has 0 saturated carbocycles. The highest BCUT2D eigenvalue weighted by atomic mass is 32.2. The Morgan fingerprint density at radius 2 is 1.83 bits per heavy atom. The number of thioether (sulfide) groups is 1. The number of rotatable bonds is 6. The van der Waals surface area contributed by atoms with Crippen molar-refractivity contribution in [3.8, 4) is 22.8 Å². The fourth-order valence-electron chi connectivity index (χ4n) is 3.12. The van der Waals surface area contributed by atoms with Gasteiger partial charge < -0.3 is 18.6 Å². The molecule has 0 N–H and O–H groups in total. The van der Waals surface area contributed by atoms with E-state index in [1.54, 1.807) is 23.9 Å². The number of carbonyl (C=O) groups excluding carboxylic acids is 2. The molecule has 1 heterocycles. The van der Waals surface area contributed by atoms with Crippen molar-refractivity contribution in [2.24, 2.45) is 0 Å². The third-order valence-corrected chi connectivity index (χ3v) is 5.42. The number of hydrogen-bond acceptors (Lipinski definition) is 7. The van der Waals surface area contributed by atoms with E-state index in [0.717, 1.165) is 21.4 Å². The van der Waals surface area contributed by atoms with Gasteiger partial charge in [-0.05, 0) is 49.1 Å². The smallest absolute Gasteiger partial charge is 0.312 e. The zero-order chi connectivity index (χ0) is 21.1. The van der Waals surface area contributed by atoms with Crippen LogP contribution >= 0.6 is 11.8 Å². The second-order valence-electron chi connectivity index (χ2n) is 6.42. The number of ether oxygens (including phenoxy) is 3. The van der Waals surface area contributed by atoms with E-state index in [1.807, 2.05) is 37.4 Å². The summed E-state index contributed by atoms with van der Waals surface area (Å²) in [7, 11) is 2.90. The van der Waals surface area contributed by atoms with Crippen LogP contribution in [0.2, 0.25) is 0 Å². The van der Waals surface area contributed by atoms with Crippen molar-refractivity contribution < 1.29 is 28.2 Å². The maximum atomic E-state index is 11.9. The summed E-state index contributed by atoms with van der Waals surface area (Å²) in [6, 6.07) is 10.9. The number of furan rings is 1. The van der Waals surface area contributed by atoms with Crippen molar-refractivity contribution in [1.29, 1.82) is 0 Å². The van der Waals surface area contributed by atoms with Crippen LogP contribution in [0.3, 0.4) is 0 Å². The van der Waals surface area contributed by atoms with Gasteiger partial charge in [0.1, 0.15) is 11.3 Å². The highest BCUT2D eigenvalue weighted by Crippen LogP contribution is 2.42. The van der Waals surface area contributed by atoms with Gasteiger partial charge in [-0.2, -0.15) is 0 Å². The molecule has 0 aliphatic rings. The summed E-state index contributed by atoms with van der Waals surface area (Å²) in [5.74, 6) is 0.384. The minimum absolute atomic E-state index is 0.287. The van der Waals surface area contributed by atoms with E-state index in [-0.39, 0.29) is 11.9 Å². The molecule has 0 bridgehead atoms. The Morgan fingerprint density at radius 3 is 2.45 bits per heavy atom. The second kappa shape index (κ2) is 8.61. The molecule has 0 saturated heterocycles. The topological polar surface area (TPSA) is 75.0 Å². The average molecular weight is 414 g/mol. The van der Waals surface area contributed by atoms with Crippen LogP contribution in [0.4, 0.5) is 0 Å². The van der Waals surface area contributed by atoms with Crippen molar-refractivity contribution in [3.63, 3.8) is 0 Å². The normalized spacial score (nSPS) is 11.9. The van der Waals surface area contributed by atoms with Crippen LogP contribution < -0.4 is 9.47 Å². The first-order valence-electron chi connectivity index (χ1n) is 8.94. The van der Waals surface area contributed by atoms with Crippen LogP contribution in [0.1, 0.15) is 25.3 Å². The minimum Gasteiger partial charge on any atom is -0.493 e. The van der Waals surface area contributed by atoms with Crippen molar-refractivity contribution >= 4 is 34.7 Å². The average Bonchev–Trinajstić information content (AvgIpc) is 3.10. The summed E-state index contributed by atoms with van der Waals surface area (Å²) in [4.78, 5) is 24.1. The van der Waals surface area contributed by atoms with E-state index in [2.05, 4.69) is 0 Å². The molecule has 2 aromatic carbocycles. The standard InChI is InChI=1S/C22H22O6S/c1-12(22(24)26-4)14-6-8-17-16(10-14)21(29-5)20(28-17)15-7-9-18(27-13(2)23)19(11-15)25-3/h6-12H,1-5H3. The molecular weight excluding hydrogens is 392 g/mol. The lowest BCUT2D eigenvalue weighted by atomic mass is 10.00. The predicted octanol–water partition coefficient (Wildman–Crippen LogP) is 5.03. The molecule has 0 aliphatic carbocycles. The summed E-state index contributed by atoms with van der Waals surface area (Å²) in [6.45, 7) is 3.15. The fourth-order valence-corrected chi connectivity index (χ4v) is 3.84. The number of carbonyl (C=O) groups is 2. The van der Waals surface area contributed by atoms with Gasteiger partial charge in [-0.25, -0.2) is 0 Å². The van der Waals surface area contributed by atoms with Crippen molar-refractivity contribution in [3.05, 3.63) is 42.0 Å². The van der Waals surface area contributed by atoms with Gasteiger partial charge in [-0.15, -0.1) is 11.8 Å². The number of fused-ring (bicyclic) bond motifs is 1. The largest absolute Gasteiger partial charge is 0.493 e. The molecule has 0 radical (unpaired) electrons. The van der Waals surface area contributed by atoms with Crippen LogP contribution in [-0.2, 0) is 14.3 Å². The van der Waals surface area contributed by atoms with Crippen LogP contribution in [-0.4, -0.2) is 32.4 Å². The molecule has 0 spiro atoms. The third kappa shape index (κ3) is 4.10. The quantitative estimate of drug-likeness (QED) is 0.318. The SMILES string of the molecule is COC(=O)C(C)c1ccc2oc(-c3ccc(OC(C)=O)c(OC)c3)c(SC)c2c1. The van der Waals surface area contributed by atoms with Crippen molar-refractivity contribution in [2.75, 3.05) is 20.5 Å². The summed E-state index contributed by atoms with van der Waals surface area (Å²) in [5.41, 5.74) is 2.36. The molecule has 1 aromatic heterocycles. The number of hydrogen-bond donors (Lipinski definition) is 0. The Labute approximate surface area is 173 Å². The van der Waals surface area contributed by atoms with E-state index in [9.17, 15) is 9.59 Å². The third-order valence-electron chi connectivity index (χ3n) is 4.60. The van der Waals surface area contributed by atoms with Gasteiger partial charge in [-0.3, -0.25) is 9.59 Å². The van der Waals surface area contributed by atoms with Crippen molar-refractivity contribution in [2.45, 2.75) is 24.7 Å². The molecular formula is C22H22O6S. The minimum atomic E-state index is -0.420. The van der Waals surface area contributed by atoms with Crippen LogP contribution in [0, 0.1) is 0 Å². The number of methoxy groups -OCH3 is 2. The first kappa shape index (κ1) is 20.8. The highest BCUT2D eigenvalue weighted by Gasteiger charge is 2.21. The molecule has 0 amide bonds.